The third-order valence-electron chi connectivity index (χ3n) is 9.64. The van der Waals surface area contributed by atoms with Crippen LogP contribution < -0.4 is 0 Å². The molecule has 0 spiro atoms. The predicted molar refractivity (Wildman–Crippen MR) is 189 cm³/mol. The Labute approximate surface area is 330 Å². The summed E-state index contributed by atoms with van der Waals surface area (Å²) in [6.45, 7) is 0.703. The molecule has 3 saturated heterocycles. The number of aliphatic hydroxyl groups excluding tert-OH is 7. The van der Waals surface area contributed by atoms with E-state index in [-0.39, 0.29) is 24.3 Å². The van der Waals surface area contributed by atoms with Crippen LogP contribution >= 0.6 is 0 Å². The predicted octanol–water partition coefficient (Wildman–Crippen LogP) is -2.62. The number of phenolic OH excluding ortho intramolecular Hbond substituents is 4. The summed E-state index contributed by atoms with van der Waals surface area (Å²) in [5, 5.41) is 112. The average Bonchev–Trinajstić information content (AvgIpc) is 3.18. The van der Waals surface area contributed by atoms with E-state index in [4.69, 9.17) is 37.9 Å². The van der Waals surface area contributed by atoms with Crippen molar-refractivity contribution in [3.8, 4) is 23.0 Å². The number of carbonyl (C=O) groups is 2. The van der Waals surface area contributed by atoms with Crippen molar-refractivity contribution in [1.29, 1.82) is 0 Å². The normalized spacial score (nSPS) is 35.4. The maximum atomic E-state index is 13.5. The zero-order valence-electron chi connectivity index (χ0n) is 31.1. The van der Waals surface area contributed by atoms with Crippen LogP contribution in [0.1, 0.15) is 25.0 Å². The number of phenols is 4. The third kappa shape index (κ3) is 10.7. The van der Waals surface area contributed by atoms with Crippen LogP contribution in [0.3, 0.4) is 0 Å². The molecule has 2 aromatic carbocycles. The quantitative estimate of drug-likeness (QED) is 0.0527. The molecule has 5 rings (SSSR count). The molecule has 3 fully saturated rings. The molecule has 3 heterocycles. The maximum absolute atomic E-state index is 13.5. The van der Waals surface area contributed by atoms with E-state index >= 15 is 0 Å². The minimum Gasteiger partial charge on any atom is -0.504 e. The van der Waals surface area contributed by atoms with Gasteiger partial charge in [0.05, 0.1) is 25.9 Å². The van der Waals surface area contributed by atoms with Crippen LogP contribution in [0.5, 0.6) is 23.0 Å². The molecule has 2 aromatic rings. The van der Waals surface area contributed by atoms with Crippen molar-refractivity contribution in [2.75, 3.05) is 19.8 Å². The smallest absolute Gasteiger partial charge is 0.331 e. The van der Waals surface area contributed by atoms with Gasteiger partial charge in [0.15, 0.2) is 54.1 Å². The van der Waals surface area contributed by atoms with Gasteiger partial charge in [0.1, 0.15) is 54.9 Å². The summed E-state index contributed by atoms with van der Waals surface area (Å²) >= 11 is 0. The zero-order valence-corrected chi connectivity index (χ0v) is 31.1. The molecule has 0 aromatic heterocycles. The van der Waals surface area contributed by atoms with Crippen molar-refractivity contribution < 1.29 is 104 Å². The first-order valence-corrected chi connectivity index (χ1v) is 18.1. The highest BCUT2D eigenvalue weighted by Gasteiger charge is 2.55. The van der Waals surface area contributed by atoms with Gasteiger partial charge >= 0.3 is 11.9 Å². The summed E-state index contributed by atoms with van der Waals surface area (Å²) < 4.78 is 46.6. The fourth-order valence-electron chi connectivity index (χ4n) is 6.44. The number of rotatable bonds is 14. The lowest BCUT2D eigenvalue weighted by atomic mass is 9.96. The summed E-state index contributed by atoms with van der Waals surface area (Å²) in [5.74, 6) is -3.70. The van der Waals surface area contributed by atoms with E-state index in [2.05, 4.69) is 0 Å². The third-order valence-corrected chi connectivity index (χ3v) is 9.64. The Hall–Kier alpha value is -4.20. The first-order valence-electron chi connectivity index (χ1n) is 18.1. The second kappa shape index (κ2) is 19.7. The minimum absolute atomic E-state index is 0.0835. The highest BCUT2D eigenvalue weighted by molar-refractivity contribution is 5.87. The summed E-state index contributed by atoms with van der Waals surface area (Å²) in [7, 11) is 0. The van der Waals surface area contributed by atoms with Crippen molar-refractivity contribution in [1.82, 2.24) is 0 Å². The molecule has 21 heteroatoms. The van der Waals surface area contributed by atoms with Crippen LogP contribution in [0, 0.1) is 0 Å². The van der Waals surface area contributed by atoms with E-state index < -0.39 is 135 Å². The van der Waals surface area contributed by atoms with E-state index in [1.54, 1.807) is 0 Å². The maximum Gasteiger partial charge on any atom is 0.331 e. The standard InChI is InChI=1S/C37H48O21/c1-15-26(45)28(47)31(50)36(53-15)58-33-32(57-25(44)8-5-17-3-6-19(40)21(42)11-17)24(14-52-35-30(49)29(48)27(46)23(13-38)55-35)56-37(34(33)54-16(2)39)51-10-9-18-4-7-20(41)22(43)12-18/h3-8,11-12,15,23-24,26-38,40-43,45-50H,9-10,13-14H2,1-2H3/b8-5+/t15-,23-,24+,26-,27+,28+,29-,30+,31-,32+,33-,34+,35+,36-,37-/m0/s1. The molecular formula is C37H48O21. The van der Waals surface area contributed by atoms with Crippen LogP contribution in [0.25, 0.3) is 6.08 Å². The van der Waals surface area contributed by atoms with Crippen LogP contribution in [0.4, 0.5) is 0 Å². The summed E-state index contributed by atoms with van der Waals surface area (Å²) in [4.78, 5) is 26.1. The van der Waals surface area contributed by atoms with Gasteiger partial charge in [-0.2, -0.15) is 0 Å². The topological polar surface area (TPSA) is 331 Å². The summed E-state index contributed by atoms with van der Waals surface area (Å²) in [6, 6.07) is 7.70. The Morgan fingerprint density at radius 3 is 1.97 bits per heavy atom. The Kier molecular flexibility index (Phi) is 15.2. The number of esters is 2. The van der Waals surface area contributed by atoms with E-state index in [9.17, 15) is 65.8 Å². The highest BCUT2D eigenvalue weighted by atomic mass is 16.8. The van der Waals surface area contributed by atoms with Gasteiger partial charge in [-0.25, -0.2) is 4.79 Å². The second-order valence-electron chi connectivity index (χ2n) is 13.9. The Balaban J connectivity index is 1.50. The fourth-order valence-corrected chi connectivity index (χ4v) is 6.44. The van der Waals surface area contributed by atoms with E-state index in [1.807, 2.05) is 0 Å². The molecule has 0 amide bonds. The van der Waals surface area contributed by atoms with Gasteiger partial charge in [-0.3, -0.25) is 4.79 Å². The van der Waals surface area contributed by atoms with E-state index in [1.165, 1.54) is 43.3 Å². The lowest BCUT2D eigenvalue weighted by Gasteiger charge is -2.48. The SMILES string of the molecule is CC(=O)O[C@H]1[C@@H](OCCc2ccc(O)c(O)c2)O[C@H](CO[C@@H]2O[C@@H](CO)[C@@H](O)[C@H](O)[C@H]2O)[C@@H](OC(=O)/C=C/c2ccc(O)c(O)c2)[C@@H]1O[C@@H]1O[C@@H](C)[C@H](O)[C@@H](O)[C@@H]1O. The van der Waals surface area contributed by atoms with Crippen LogP contribution in [-0.2, 0) is 53.9 Å². The fraction of sp³-hybridized carbons (Fsp3) is 0.568. The van der Waals surface area contributed by atoms with Gasteiger partial charge in [-0.1, -0.05) is 12.1 Å². The van der Waals surface area contributed by atoms with Gasteiger partial charge in [0.2, 0.25) is 0 Å². The molecule has 3 aliphatic rings. The molecule has 0 unspecified atom stereocenters. The Morgan fingerprint density at radius 2 is 1.31 bits per heavy atom. The molecule has 322 valence electrons. The molecular weight excluding hydrogens is 780 g/mol. The van der Waals surface area contributed by atoms with Crippen molar-refractivity contribution in [2.45, 2.75) is 112 Å². The molecule has 21 nitrogen and oxygen atoms in total. The molecule has 58 heavy (non-hydrogen) atoms. The molecule has 0 radical (unpaired) electrons. The largest absolute Gasteiger partial charge is 0.504 e. The number of carbonyl (C=O) groups excluding carboxylic acids is 2. The number of benzene rings is 2. The van der Waals surface area contributed by atoms with Crippen molar-refractivity contribution in [3.05, 3.63) is 53.6 Å². The first-order chi connectivity index (χ1) is 27.5. The van der Waals surface area contributed by atoms with Crippen molar-refractivity contribution in [2.24, 2.45) is 0 Å². The molecule has 15 atom stereocenters. The second-order valence-corrected chi connectivity index (χ2v) is 13.9. The van der Waals surface area contributed by atoms with Gasteiger partial charge in [0, 0.05) is 13.0 Å². The Morgan fingerprint density at radius 1 is 0.672 bits per heavy atom. The minimum atomic E-state index is -1.92. The van der Waals surface area contributed by atoms with Gasteiger partial charge in [0.25, 0.3) is 0 Å². The number of aromatic hydroxyl groups is 4. The number of ether oxygens (including phenoxy) is 8. The lowest BCUT2D eigenvalue weighted by molar-refractivity contribution is -0.364. The van der Waals surface area contributed by atoms with Crippen molar-refractivity contribution in [3.63, 3.8) is 0 Å². The molecule has 0 bridgehead atoms. The first kappa shape index (κ1) is 44.9. The van der Waals surface area contributed by atoms with E-state index in [0.717, 1.165) is 19.1 Å². The molecule has 3 aliphatic heterocycles. The number of aliphatic hydroxyl groups is 7. The van der Waals surface area contributed by atoms with Gasteiger partial charge in [-0.05, 0) is 54.8 Å². The molecule has 11 N–H and O–H groups in total. The van der Waals surface area contributed by atoms with Gasteiger partial charge < -0.3 is 94.1 Å². The van der Waals surface area contributed by atoms with E-state index in [0.29, 0.717) is 5.56 Å². The highest BCUT2D eigenvalue weighted by Crippen LogP contribution is 2.35. The summed E-state index contributed by atoms with van der Waals surface area (Å²) in [6.07, 6.45) is -22.8. The monoisotopic (exact) mass is 828 g/mol. The number of hydrogen-bond donors (Lipinski definition) is 11. The Bertz CT molecular complexity index is 1720. The van der Waals surface area contributed by atoms with Crippen molar-refractivity contribution >= 4 is 18.0 Å². The zero-order chi connectivity index (χ0) is 42.4. The van der Waals surface area contributed by atoms with Crippen LogP contribution in [0.15, 0.2) is 42.5 Å². The van der Waals surface area contributed by atoms with Gasteiger partial charge in [-0.15, -0.1) is 0 Å². The van der Waals surface area contributed by atoms with Crippen LogP contribution in [-0.4, -0.2) is 180 Å². The summed E-state index contributed by atoms with van der Waals surface area (Å²) in [5.41, 5.74) is 0.738. The molecule has 0 saturated carbocycles. The molecule has 0 aliphatic carbocycles. The van der Waals surface area contributed by atoms with Crippen LogP contribution in [0.2, 0.25) is 0 Å². The average molecular weight is 829 g/mol. The lowest BCUT2D eigenvalue weighted by Crippen LogP contribution is -2.66. The number of hydrogen-bond acceptors (Lipinski definition) is 21.